The number of ether oxygens (including phenoxy) is 2. The summed E-state index contributed by atoms with van der Waals surface area (Å²) in [6, 6.07) is 6.91. The lowest BCUT2D eigenvalue weighted by molar-refractivity contribution is 0.264. The lowest BCUT2D eigenvalue weighted by Gasteiger charge is -2.10. The van der Waals surface area contributed by atoms with Crippen LogP contribution in [0.3, 0.4) is 0 Å². The normalized spacial score (nSPS) is 19.2. The first kappa shape index (κ1) is 11.2. The maximum atomic E-state index is 11.1. The average Bonchev–Trinajstić information content (AvgIpc) is 2.98. The number of epoxide rings is 1. The monoisotopic (exact) mass is 243 g/mol. The highest BCUT2D eigenvalue weighted by atomic mass is 32.2. The fourth-order valence-electron chi connectivity index (χ4n) is 1.22. The van der Waals surface area contributed by atoms with E-state index in [2.05, 4.69) is 4.72 Å². The molecule has 1 heterocycles. The molecular formula is C10H13NO4S. The number of hydrogen-bond donors (Lipinski definition) is 1. The number of hydrogen-bond acceptors (Lipinski definition) is 4. The van der Waals surface area contributed by atoms with Crippen LogP contribution < -0.4 is 9.46 Å². The zero-order chi connectivity index (χ0) is 11.6. The largest absolute Gasteiger partial charge is 0.489 e. The van der Waals surface area contributed by atoms with Crippen molar-refractivity contribution in [2.45, 2.75) is 6.10 Å². The Kier molecular flexibility index (Phi) is 3.02. The van der Waals surface area contributed by atoms with Crippen molar-refractivity contribution >= 4 is 15.7 Å². The van der Waals surface area contributed by atoms with E-state index >= 15 is 0 Å². The summed E-state index contributed by atoms with van der Waals surface area (Å²) in [7, 11) is -3.28. The molecule has 0 saturated carbocycles. The molecule has 1 saturated heterocycles. The highest BCUT2D eigenvalue weighted by Gasteiger charge is 2.23. The summed E-state index contributed by atoms with van der Waals surface area (Å²) in [4.78, 5) is 0. The van der Waals surface area contributed by atoms with E-state index in [1.54, 1.807) is 24.3 Å². The molecular weight excluding hydrogens is 230 g/mol. The zero-order valence-electron chi connectivity index (χ0n) is 8.84. The molecule has 1 aromatic rings. The summed E-state index contributed by atoms with van der Waals surface area (Å²) in [6.07, 6.45) is 1.25. The van der Waals surface area contributed by atoms with E-state index in [9.17, 15) is 8.42 Å². The summed E-state index contributed by atoms with van der Waals surface area (Å²) < 4.78 is 35.1. The third-order valence-corrected chi connectivity index (χ3v) is 2.60. The summed E-state index contributed by atoms with van der Waals surface area (Å²) in [5, 5.41) is 0. The van der Waals surface area contributed by atoms with Crippen LogP contribution in [-0.4, -0.2) is 34.0 Å². The Balaban J connectivity index is 2.09. The molecule has 88 valence electrons. The molecule has 6 heteroatoms. The van der Waals surface area contributed by atoms with Gasteiger partial charge in [-0.25, -0.2) is 8.42 Å². The van der Waals surface area contributed by atoms with Crippen molar-refractivity contribution in [1.82, 2.24) is 0 Å². The molecule has 1 aliphatic heterocycles. The second kappa shape index (κ2) is 4.31. The molecule has 1 aliphatic rings. The van der Waals surface area contributed by atoms with Gasteiger partial charge in [-0.05, 0) is 12.1 Å². The van der Waals surface area contributed by atoms with Crippen molar-refractivity contribution in [3.63, 3.8) is 0 Å². The van der Waals surface area contributed by atoms with Gasteiger partial charge in [0.15, 0.2) is 0 Å². The van der Waals surface area contributed by atoms with E-state index in [1.807, 2.05) is 0 Å². The first-order chi connectivity index (χ1) is 7.54. The zero-order valence-corrected chi connectivity index (χ0v) is 9.66. The Morgan fingerprint density at radius 2 is 2.19 bits per heavy atom. The minimum atomic E-state index is -3.28. The third-order valence-electron chi connectivity index (χ3n) is 2.01. The Bertz CT molecular complexity index is 467. The molecule has 2 rings (SSSR count). The SMILES string of the molecule is CS(=O)(=O)Nc1ccccc1OCC1CO1. The lowest BCUT2D eigenvalue weighted by Crippen LogP contribution is -2.12. The van der Waals surface area contributed by atoms with E-state index in [-0.39, 0.29) is 6.10 Å². The average molecular weight is 243 g/mol. The summed E-state index contributed by atoms with van der Waals surface area (Å²) >= 11 is 0. The number of benzene rings is 1. The van der Waals surface area contributed by atoms with Gasteiger partial charge in [0.1, 0.15) is 18.5 Å². The predicted molar refractivity (Wildman–Crippen MR) is 60.1 cm³/mol. The Labute approximate surface area is 94.4 Å². The molecule has 0 aliphatic carbocycles. The smallest absolute Gasteiger partial charge is 0.229 e. The molecule has 5 nitrogen and oxygen atoms in total. The highest BCUT2D eigenvalue weighted by molar-refractivity contribution is 7.92. The van der Waals surface area contributed by atoms with Crippen molar-refractivity contribution < 1.29 is 17.9 Å². The van der Waals surface area contributed by atoms with E-state index in [0.29, 0.717) is 24.7 Å². The summed E-state index contributed by atoms with van der Waals surface area (Å²) in [6.45, 7) is 1.16. The maximum Gasteiger partial charge on any atom is 0.229 e. The molecule has 1 atom stereocenters. The third kappa shape index (κ3) is 3.39. The van der Waals surface area contributed by atoms with Gasteiger partial charge in [-0.3, -0.25) is 4.72 Å². The fraction of sp³-hybridized carbons (Fsp3) is 0.400. The molecule has 0 radical (unpaired) electrons. The second-order valence-corrected chi connectivity index (χ2v) is 5.39. The molecule has 0 amide bonds. The molecule has 0 bridgehead atoms. The quantitative estimate of drug-likeness (QED) is 0.778. The van der Waals surface area contributed by atoms with Crippen molar-refractivity contribution in [2.75, 3.05) is 24.2 Å². The molecule has 0 aromatic heterocycles. The topological polar surface area (TPSA) is 67.9 Å². The number of para-hydroxylation sites is 2. The standard InChI is InChI=1S/C10H13NO4S/c1-16(12,13)11-9-4-2-3-5-10(9)15-7-8-6-14-8/h2-5,8,11H,6-7H2,1H3. The van der Waals surface area contributed by atoms with Gasteiger partial charge in [0, 0.05) is 0 Å². The summed E-state index contributed by atoms with van der Waals surface area (Å²) in [5.41, 5.74) is 0.450. The van der Waals surface area contributed by atoms with Crippen molar-refractivity contribution in [3.8, 4) is 5.75 Å². The number of sulfonamides is 1. The van der Waals surface area contributed by atoms with Crippen LogP contribution >= 0.6 is 0 Å². The van der Waals surface area contributed by atoms with E-state index in [1.165, 1.54) is 0 Å². The van der Waals surface area contributed by atoms with Gasteiger partial charge in [0.2, 0.25) is 10.0 Å². The van der Waals surface area contributed by atoms with Gasteiger partial charge in [-0.2, -0.15) is 0 Å². The predicted octanol–water partition coefficient (Wildman–Crippen LogP) is 0.836. The van der Waals surface area contributed by atoms with Crippen LogP contribution in [-0.2, 0) is 14.8 Å². The first-order valence-corrected chi connectivity index (χ1v) is 6.75. The molecule has 1 aromatic carbocycles. The van der Waals surface area contributed by atoms with E-state index in [4.69, 9.17) is 9.47 Å². The van der Waals surface area contributed by atoms with Crippen LogP contribution in [0.2, 0.25) is 0 Å². The second-order valence-electron chi connectivity index (χ2n) is 3.64. The highest BCUT2D eigenvalue weighted by Crippen LogP contribution is 2.25. The Morgan fingerprint density at radius 1 is 1.50 bits per heavy atom. The summed E-state index contributed by atoms with van der Waals surface area (Å²) in [5.74, 6) is 0.517. The van der Waals surface area contributed by atoms with Gasteiger partial charge >= 0.3 is 0 Å². The lowest BCUT2D eigenvalue weighted by atomic mass is 10.3. The molecule has 1 unspecified atom stereocenters. The number of nitrogens with one attached hydrogen (secondary N) is 1. The van der Waals surface area contributed by atoms with Crippen LogP contribution in [0.1, 0.15) is 0 Å². The molecule has 16 heavy (non-hydrogen) atoms. The van der Waals surface area contributed by atoms with Crippen molar-refractivity contribution in [1.29, 1.82) is 0 Å². The molecule has 1 fully saturated rings. The maximum absolute atomic E-state index is 11.1. The van der Waals surface area contributed by atoms with Crippen molar-refractivity contribution in [2.24, 2.45) is 0 Å². The van der Waals surface area contributed by atoms with E-state index in [0.717, 1.165) is 6.26 Å². The van der Waals surface area contributed by atoms with E-state index < -0.39 is 10.0 Å². The molecule has 1 N–H and O–H groups in total. The Morgan fingerprint density at radius 3 is 2.81 bits per heavy atom. The Hall–Kier alpha value is -1.27. The minimum absolute atomic E-state index is 0.145. The molecule has 0 spiro atoms. The van der Waals surface area contributed by atoms with Gasteiger partial charge in [0.05, 0.1) is 18.6 Å². The number of anilines is 1. The van der Waals surface area contributed by atoms with Crippen LogP contribution in [0.5, 0.6) is 5.75 Å². The first-order valence-electron chi connectivity index (χ1n) is 4.86. The van der Waals surface area contributed by atoms with Crippen LogP contribution in [0.4, 0.5) is 5.69 Å². The van der Waals surface area contributed by atoms with Gasteiger partial charge < -0.3 is 9.47 Å². The van der Waals surface area contributed by atoms with Gasteiger partial charge in [-0.1, -0.05) is 12.1 Å². The number of rotatable bonds is 5. The fourth-order valence-corrected chi connectivity index (χ4v) is 1.79. The van der Waals surface area contributed by atoms with Crippen LogP contribution in [0.15, 0.2) is 24.3 Å². The van der Waals surface area contributed by atoms with Crippen molar-refractivity contribution in [3.05, 3.63) is 24.3 Å². The van der Waals surface area contributed by atoms with Crippen LogP contribution in [0, 0.1) is 0 Å². The minimum Gasteiger partial charge on any atom is -0.489 e. The van der Waals surface area contributed by atoms with Gasteiger partial charge in [0.25, 0.3) is 0 Å². The van der Waals surface area contributed by atoms with Crippen LogP contribution in [0.25, 0.3) is 0 Å². The van der Waals surface area contributed by atoms with Gasteiger partial charge in [-0.15, -0.1) is 0 Å².